The highest BCUT2D eigenvalue weighted by atomic mass is 16.5. The Morgan fingerprint density at radius 2 is 1.96 bits per heavy atom. The Bertz CT molecular complexity index is 677. The van der Waals surface area contributed by atoms with Gasteiger partial charge in [0.1, 0.15) is 11.6 Å². The SMILES string of the molecule is Cc1nnc(N2CCC([C@@H]3CC[C@H](C(=O)O)O3)CC2)c(C#N)c1C. The van der Waals surface area contributed by atoms with E-state index in [1.165, 1.54) is 0 Å². The van der Waals surface area contributed by atoms with Crippen LogP contribution in [0.15, 0.2) is 0 Å². The second-order valence-corrected chi connectivity index (χ2v) is 6.62. The number of carbonyl (C=O) groups is 1. The second kappa shape index (κ2) is 6.73. The van der Waals surface area contributed by atoms with Gasteiger partial charge < -0.3 is 14.7 Å². The fourth-order valence-corrected chi connectivity index (χ4v) is 3.63. The van der Waals surface area contributed by atoms with E-state index in [0.717, 1.165) is 43.6 Å². The molecular formula is C17H22N4O3. The summed E-state index contributed by atoms with van der Waals surface area (Å²) < 4.78 is 5.68. The molecule has 2 fully saturated rings. The van der Waals surface area contributed by atoms with Crippen LogP contribution in [0, 0.1) is 31.1 Å². The Balaban J connectivity index is 1.65. The Kier molecular flexibility index (Phi) is 4.67. The Hall–Kier alpha value is -2.20. The molecule has 0 unspecified atom stereocenters. The van der Waals surface area contributed by atoms with Gasteiger partial charge in [0.05, 0.1) is 11.8 Å². The van der Waals surface area contributed by atoms with E-state index in [1.54, 1.807) is 0 Å². The molecule has 7 nitrogen and oxygen atoms in total. The van der Waals surface area contributed by atoms with Gasteiger partial charge in [0.2, 0.25) is 0 Å². The van der Waals surface area contributed by atoms with Gasteiger partial charge in [-0.2, -0.15) is 10.4 Å². The van der Waals surface area contributed by atoms with Crippen molar-refractivity contribution in [2.75, 3.05) is 18.0 Å². The first-order chi connectivity index (χ1) is 11.5. The molecule has 3 heterocycles. The van der Waals surface area contributed by atoms with Crippen LogP contribution in [0.3, 0.4) is 0 Å². The number of nitrogens with zero attached hydrogens (tertiary/aromatic N) is 4. The van der Waals surface area contributed by atoms with Gasteiger partial charge in [-0.3, -0.25) is 0 Å². The first-order valence-corrected chi connectivity index (χ1v) is 8.38. The van der Waals surface area contributed by atoms with Gasteiger partial charge in [0, 0.05) is 13.1 Å². The molecule has 0 saturated carbocycles. The molecule has 2 saturated heterocycles. The van der Waals surface area contributed by atoms with E-state index in [4.69, 9.17) is 9.84 Å². The zero-order valence-electron chi connectivity index (χ0n) is 14.0. The lowest BCUT2D eigenvalue weighted by molar-refractivity contribution is -0.150. The van der Waals surface area contributed by atoms with Crippen LogP contribution in [0.5, 0.6) is 0 Å². The third kappa shape index (κ3) is 3.06. The van der Waals surface area contributed by atoms with Crippen molar-refractivity contribution in [2.45, 2.75) is 51.7 Å². The van der Waals surface area contributed by atoms with Gasteiger partial charge in [-0.05, 0) is 51.0 Å². The highest BCUT2D eigenvalue weighted by molar-refractivity contribution is 5.72. The van der Waals surface area contributed by atoms with Crippen molar-refractivity contribution in [1.29, 1.82) is 5.26 Å². The maximum absolute atomic E-state index is 11.0. The summed E-state index contributed by atoms with van der Waals surface area (Å²) in [5.74, 6) is 0.171. The normalized spacial score (nSPS) is 24.8. The van der Waals surface area contributed by atoms with Gasteiger partial charge in [-0.15, -0.1) is 5.10 Å². The summed E-state index contributed by atoms with van der Waals surface area (Å²) >= 11 is 0. The lowest BCUT2D eigenvalue weighted by Gasteiger charge is -2.35. The van der Waals surface area contributed by atoms with E-state index in [1.807, 2.05) is 13.8 Å². The highest BCUT2D eigenvalue weighted by Gasteiger charge is 2.37. The van der Waals surface area contributed by atoms with Gasteiger partial charge >= 0.3 is 5.97 Å². The van der Waals surface area contributed by atoms with E-state index < -0.39 is 12.1 Å². The first kappa shape index (κ1) is 16.7. The monoisotopic (exact) mass is 330 g/mol. The largest absolute Gasteiger partial charge is 0.479 e. The smallest absolute Gasteiger partial charge is 0.332 e. The van der Waals surface area contributed by atoms with Crippen LogP contribution in [0.25, 0.3) is 0 Å². The van der Waals surface area contributed by atoms with Crippen LogP contribution in [-0.4, -0.2) is 46.6 Å². The number of nitriles is 1. The van der Waals surface area contributed by atoms with Crippen LogP contribution in [-0.2, 0) is 9.53 Å². The number of aliphatic carboxylic acids is 1. The minimum atomic E-state index is -0.862. The molecule has 7 heteroatoms. The second-order valence-electron chi connectivity index (χ2n) is 6.62. The van der Waals surface area contributed by atoms with Crippen molar-refractivity contribution in [3.05, 3.63) is 16.8 Å². The maximum Gasteiger partial charge on any atom is 0.332 e. The van der Waals surface area contributed by atoms with E-state index in [9.17, 15) is 10.1 Å². The minimum Gasteiger partial charge on any atom is -0.479 e. The number of anilines is 1. The number of hydrogen-bond acceptors (Lipinski definition) is 6. The number of aromatic nitrogens is 2. The molecule has 1 N–H and O–H groups in total. The quantitative estimate of drug-likeness (QED) is 0.902. The molecule has 1 aromatic rings. The van der Waals surface area contributed by atoms with Gasteiger partial charge in [-0.1, -0.05) is 0 Å². The number of piperidine rings is 1. The summed E-state index contributed by atoms with van der Waals surface area (Å²) in [7, 11) is 0. The van der Waals surface area contributed by atoms with Gasteiger partial charge in [0.25, 0.3) is 0 Å². The topological polar surface area (TPSA) is 99.3 Å². The first-order valence-electron chi connectivity index (χ1n) is 8.38. The molecule has 0 radical (unpaired) electrons. The summed E-state index contributed by atoms with van der Waals surface area (Å²) in [6.07, 6.45) is 2.63. The lowest BCUT2D eigenvalue weighted by atomic mass is 9.89. The molecule has 3 rings (SSSR count). The van der Waals surface area contributed by atoms with Crippen LogP contribution < -0.4 is 4.90 Å². The van der Waals surface area contributed by atoms with E-state index >= 15 is 0 Å². The maximum atomic E-state index is 11.0. The molecule has 1 aromatic heterocycles. The van der Waals surface area contributed by atoms with Crippen molar-refractivity contribution in [3.63, 3.8) is 0 Å². The van der Waals surface area contributed by atoms with E-state index in [2.05, 4.69) is 21.2 Å². The Labute approximate surface area is 141 Å². The molecule has 0 amide bonds. The number of hydrogen-bond donors (Lipinski definition) is 1. The number of carboxylic acids is 1. The van der Waals surface area contributed by atoms with Crippen molar-refractivity contribution >= 4 is 11.8 Å². The summed E-state index contributed by atoms with van der Waals surface area (Å²) in [5.41, 5.74) is 2.27. The van der Waals surface area contributed by atoms with Crippen LogP contribution in [0.4, 0.5) is 5.82 Å². The Morgan fingerprint density at radius 3 is 2.54 bits per heavy atom. The van der Waals surface area contributed by atoms with E-state index in [-0.39, 0.29) is 6.10 Å². The van der Waals surface area contributed by atoms with Gasteiger partial charge in [0.15, 0.2) is 11.9 Å². The third-order valence-corrected chi connectivity index (χ3v) is 5.24. The molecule has 128 valence electrons. The molecule has 0 bridgehead atoms. The molecular weight excluding hydrogens is 308 g/mol. The fraction of sp³-hybridized carbons (Fsp3) is 0.647. The number of carboxylic acid groups (broad SMARTS) is 1. The molecule has 0 spiro atoms. The lowest BCUT2D eigenvalue weighted by Crippen LogP contribution is -2.39. The Morgan fingerprint density at radius 1 is 1.25 bits per heavy atom. The van der Waals surface area contributed by atoms with Crippen molar-refractivity contribution in [1.82, 2.24) is 10.2 Å². The zero-order valence-corrected chi connectivity index (χ0v) is 14.0. The van der Waals surface area contributed by atoms with Crippen LogP contribution in [0.1, 0.15) is 42.5 Å². The van der Waals surface area contributed by atoms with E-state index in [0.29, 0.717) is 23.7 Å². The summed E-state index contributed by atoms with van der Waals surface area (Å²) in [5, 5.41) is 26.9. The molecule has 2 aliphatic rings. The number of ether oxygens (including phenoxy) is 1. The molecule has 0 aromatic carbocycles. The van der Waals surface area contributed by atoms with Crippen molar-refractivity contribution in [3.8, 4) is 6.07 Å². The summed E-state index contributed by atoms with van der Waals surface area (Å²) in [6, 6.07) is 2.25. The zero-order chi connectivity index (χ0) is 17.3. The van der Waals surface area contributed by atoms with Crippen LogP contribution >= 0.6 is 0 Å². The van der Waals surface area contributed by atoms with Crippen molar-refractivity contribution < 1.29 is 14.6 Å². The number of rotatable bonds is 3. The summed E-state index contributed by atoms with van der Waals surface area (Å²) in [6.45, 7) is 5.33. The molecule has 2 atom stereocenters. The molecule has 2 aliphatic heterocycles. The average Bonchev–Trinajstić information content (AvgIpc) is 3.08. The number of aryl methyl sites for hydroxylation is 1. The predicted octanol–water partition coefficient (Wildman–Crippen LogP) is 1.81. The minimum absolute atomic E-state index is 0.0366. The molecule has 24 heavy (non-hydrogen) atoms. The highest BCUT2D eigenvalue weighted by Crippen LogP contribution is 2.33. The summed E-state index contributed by atoms with van der Waals surface area (Å²) in [4.78, 5) is 13.1. The fourth-order valence-electron chi connectivity index (χ4n) is 3.63. The third-order valence-electron chi connectivity index (χ3n) is 5.24. The van der Waals surface area contributed by atoms with Crippen molar-refractivity contribution in [2.24, 2.45) is 5.92 Å². The standard InChI is InChI=1S/C17H22N4O3/c1-10-11(2)19-20-16(13(10)9-18)21-7-5-12(6-8-21)14-3-4-15(24-14)17(22)23/h12,14-15H,3-8H2,1-2H3,(H,22,23)/t14-,15+/m0/s1. The average molecular weight is 330 g/mol. The predicted molar refractivity (Wildman–Crippen MR) is 86.7 cm³/mol. The van der Waals surface area contributed by atoms with Crippen LogP contribution in [0.2, 0.25) is 0 Å². The van der Waals surface area contributed by atoms with Gasteiger partial charge in [-0.25, -0.2) is 4.79 Å². The molecule has 0 aliphatic carbocycles.